The molecule has 1 aromatic rings. The van der Waals surface area contributed by atoms with Crippen LogP contribution in [0, 0.1) is 0 Å². The largest absolute Gasteiger partial charge is 0.497 e. The SMILES string of the molecule is COc1ccc(COC(F)F)cc1. The Morgan fingerprint density at radius 2 is 1.85 bits per heavy atom. The number of hydrogen-bond acceptors (Lipinski definition) is 2. The van der Waals surface area contributed by atoms with Gasteiger partial charge in [0, 0.05) is 0 Å². The molecule has 0 aliphatic rings. The molecule has 1 rings (SSSR count). The smallest absolute Gasteiger partial charge is 0.345 e. The monoisotopic (exact) mass is 188 g/mol. The molecule has 13 heavy (non-hydrogen) atoms. The first kappa shape index (κ1) is 9.92. The van der Waals surface area contributed by atoms with E-state index in [1.165, 1.54) is 0 Å². The predicted molar refractivity (Wildman–Crippen MR) is 43.8 cm³/mol. The van der Waals surface area contributed by atoms with Gasteiger partial charge in [-0.05, 0) is 17.7 Å². The molecule has 0 N–H and O–H groups in total. The van der Waals surface area contributed by atoms with Crippen molar-refractivity contribution < 1.29 is 18.3 Å². The Bertz CT molecular complexity index is 246. The van der Waals surface area contributed by atoms with E-state index in [2.05, 4.69) is 4.74 Å². The lowest BCUT2D eigenvalue weighted by molar-refractivity contribution is -0.137. The van der Waals surface area contributed by atoms with E-state index in [-0.39, 0.29) is 6.61 Å². The van der Waals surface area contributed by atoms with Crippen LogP contribution >= 0.6 is 0 Å². The van der Waals surface area contributed by atoms with Gasteiger partial charge in [0.2, 0.25) is 0 Å². The fraction of sp³-hybridized carbons (Fsp3) is 0.333. The average Bonchev–Trinajstić information content (AvgIpc) is 2.15. The molecule has 0 bridgehead atoms. The van der Waals surface area contributed by atoms with Crippen LogP contribution in [0.4, 0.5) is 8.78 Å². The number of methoxy groups -OCH3 is 1. The van der Waals surface area contributed by atoms with Gasteiger partial charge in [-0.3, -0.25) is 0 Å². The second kappa shape index (κ2) is 4.77. The Labute approximate surface area is 75.1 Å². The highest BCUT2D eigenvalue weighted by atomic mass is 19.3. The van der Waals surface area contributed by atoms with Gasteiger partial charge in [0.1, 0.15) is 5.75 Å². The maximum absolute atomic E-state index is 11.6. The van der Waals surface area contributed by atoms with Gasteiger partial charge < -0.3 is 9.47 Å². The van der Waals surface area contributed by atoms with Gasteiger partial charge in [0.05, 0.1) is 13.7 Å². The van der Waals surface area contributed by atoms with E-state index in [0.29, 0.717) is 11.3 Å². The minimum absolute atomic E-state index is 0.0817. The molecule has 0 saturated heterocycles. The van der Waals surface area contributed by atoms with Crippen LogP contribution in [0.5, 0.6) is 5.75 Å². The summed E-state index contributed by atoms with van der Waals surface area (Å²) in [7, 11) is 1.55. The third-order valence-electron chi connectivity index (χ3n) is 1.54. The topological polar surface area (TPSA) is 18.5 Å². The minimum atomic E-state index is -2.72. The zero-order valence-electron chi connectivity index (χ0n) is 7.17. The second-order valence-electron chi connectivity index (χ2n) is 2.42. The maximum atomic E-state index is 11.6. The van der Waals surface area contributed by atoms with Crippen molar-refractivity contribution in [1.29, 1.82) is 0 Å². The molecule has 0 saturated carbocycles. The van der Waals surface area contributed by atoms with E-state index >= 15 is 0 Å². The van der Waals surface area contributed by atoms with Crippen molar-refractivity contribution in [1.82, 2.24) is 0 Å². The van der Waals surface area contributed by atoms with Gasteiger partial charge in [-0.25, -0.2) is 0 Å². The Morgan fingerprint density at radius 1 is 1.23 bits per heavy atom. The first-order chi connectivity index (χ1) is 6.22. The van der Waals surface area contributed by atoms with E-state index in [1.54, 1.807) is 31.4 Å². The number of hydrogen-bond donors (Lipinski definition) is 0. The zero-order valence-corrected chi connectivity index (χ0v) is 7.17. The van der Waals surface area contributed by atoms with Crippen LogP contribution in [0.15, 0.2) is 24.3 Å². The van der Waals surface area contributed by atoms with Crippen molar-refractivity contribution in [3.05, 3.63) is 29.8 Å². The summed E-state index contributed by atoms with van der Waals surface area (Å²) in [6.45, 7) is -2.80. The standard InChI is InChI=1S/C9H10F2O2/c1-12-8-4-2-7(3-5-8)6-13-9(10)11/h2-5,9H,6H2,1H3. The van der Waals surface area contributed by atoms with Crippen molar-refractivity contribution in [3.8, 4) is 5.75 Å². The first-order valence-corrected chi connectivity index (χ1v) is 3.75. The van der Waals surface area contributed by atoms with Crippen LogP contribution < -0.4 is 4.74 Å². The number of ether oxygens (including phenoxy) is 2. The molecule has 1 aromatic carbocycles. The van der Waals surface area contributed by atoms with Crippen molar-refractivity contribution in [2.24, 2.45) is 0 Å². The fourth-order valence-electron chi connectivity index (χ4n) is 0.881. The highest BCUT2D eigenvalue weighted by Gasteiger charge is 2.01. The summed E-state index contributed by atoms with van der Waals surface area (Å²) < 4.78 is 32.3. The van der Waals surface area contributed by atoms with Gasteiger partial charge in [0.25, 0.3) is 0 Å². The fourth-order valence-corrected chi connectivity index (χ4v) is 0.881. The molecule has 0 heterocycles. The molecule has 0 fully saturated rings. The lowest BCUT2D eigenvalue weighted by atomic mass is 10.2. The summed E-state index contributed by atoms with van der Waals surface area (Å²) in [5.41, 5.74) is 0.695. The molecular formula is C9H10F2O2. The van der Waals surface area contributed by atoms with Crippen molar-refractivity contribution in [3.63, 3.8) is 0 Å². The number of rotatable bonds is 4. The Morgan fingerprint density at radius 3 is 2.31 bits per heavy atom. The van der Waals surface area contributed by atoms with Gasteiger partial charge in [-0.1, -0.05) is 12.1 Å². The van der Waals surface area contributed by atoms with Crippen LogP contribution in [-0.2, 0) is 11.3 Å². The van der Waals surface area contributed by atoms with Crippen LogP contribution in [-0.4, -0.2) is 13.7 Å². The molecule has 0 unspecified atom stereocenters. The van der Waals surface area contributed by atoms with E-state index < -0.39 is 6.61 Å². The van der Waals surface area contributed by atoms with Crippen LogP contribution in [0.25, 0.3) is 0 Å². The van der Waals surface area contributed by atoms with Crippen molar-refractivity contribution in [2.45, 2.75) is 13.2 Å². The first-order valence-electron chi connectivity index (χ1n) is 3.75. The molecule has 0 spiro atoms. The molecule has 0 aromatic heterocycles. The Hall–Kier alpha value is -1.16. The summed E-state index contributed by atoms with van der Waals surface area (Å²) in [4.78, 5) is 0. The quantitative estimate of drug-likeness (QED) is 0.722. The molecular weight excluding hydrogens is 178 g/mol. The Balaban J connectivity index is 2.49. The van der Waals surface area contributed by atoms with Gasteiger partial charge in [-0.2, -0.15) is 8.78 Å². The van der Waals surface area contributed by atoms with E-state index in [9.17, 15) is 8.78 Å². The molecule has 2 nitrogen and oxygen atoms in total. The molecule has 0 aliphatic carbocycles. The van der Waals surface area contributed by atoms with E-state index in [1.807, 2.05) is 0 Å². The van der Waals surface area contributed by atoms with Crippen LogP contribution in [0.2, 0.25) is 0 Å². The van der Waals surface area contributed by atoms with Crippen LogP contribution in [0.1, 0.15) is 5.56 Å². The third-order valence-corrected chi connectivity index (χ3v) is 1.54. The zero-order chi connectivity index (χ0) is 9.68. The van der Waals surface area contributed by atoms with Crippen LogP contribution in [0.3, 0.4) is 0 Å². The maximum Gasteiger partial charge on any atom is 0.345 e. The van der Waals surface area contributed by atoms with E-state index in [4.69, 9.17) is 4.74 Å². The molecule has 0 radical (unpaired) electrons. The highest BCUT2D eigenvalue weighted by Crippen LogP contribution is 2.12. The molecule has 72 valence electrons. The van der Waals surface area contributed by atoms with Gasteiger partial charge >= 0.3 is 6.61 Å². The van der Waals surface area contributed by atoms with E-state index in [0.717, 1.165) is 0 Å². The summed E-state index contributed by atoms with van der Waals surface area (Å²) in [6.07, 6.45) is 0. The Kier molecular flexibility index (Phi) is 3.64. The predicted octanol–water partition coefficient (Wildman–Crippen LogP) is 2.43. The number of alkyl halides is 2. The second-order valence-corrected chi connectivity index (χ2v) is 2.42. The number of halogens is 2. The number of benzene rings is 1. The highest BCUT2D eigenvalue weighted by molar-refractivity contribution is 5.26. The minimum Gasteiger partial charge on any atom is -0.497 e. The summed E-state index contributed by atoms with van der Waals surface area (Å²) in [5.74, 6) is 0.695. The summed E-state index contributed by atoms with van der Waals surface area (Å²) >= 11 is 0. The lowest BCUT2D eigenvalue weighted by Crippen LogP contribution is -1.98. The van der Waals surface area contributed by atoms with Gasteiger partial charge in [0.15, 0.2) is 0 Å². The molecule has 0 aliphatic heterocycles. The van der Waals surface area contributed by atoms with Crippen molar-refractivity contribution in [2.75, 3.05) is 7.11 Å². The lowest BCUT2D eigenvalue weighted by Gasteiger charge is -2.03. The summed E-state index contributed by atoms with van der Waals surface area (Å²) in [6, 6.07) is 6.76. The summed E-state index contributed by atoms with van der Waals surface area (Å²) in [5, 5.41) is 0. The molecule has 4 heteroatoms. The van der Waals surface area contributed by atoms with Crippen molar-refractivity contribution >= 4 is 0 Å². The molecule has 0 atom stereocenters. The third kappa shape index (κ3) is 3.38. The normalized spacial score (nSPS) is 10.5. The molecule has 0 amide bonds. The van der Waals surface area contributed by atoms with Gasteiger partial charge in [-0.15, -0.1) is 0 Å². The average molecular weight is 188 g/mol.